The lowest BCUT2D eigenvalue weighted by molar-refractivity contribution is 0.669. The van der Waals surface area contributed by atoms with Crippen LogP contribution in [0.4, 0.5) is 0 Å². The van der Waals surface area contributed by atoms with Crippen LogP contribution in [0.2, 0.25) is 0 Å². The maximum absolute atomic E-state index is 6.28. The summed E-state index contributed by atoms with van der Waals surface area (Å²) in [5.74, 6) is 0. The molecule has 0 N–H and O–H groups in total. The van der Waals surface area contributed by atoms with Gasteiger partial charge in [0.15, 0.2) is 0 Å². The van der Waals surface area contributed by atoms with Gasteiger partial charge in [-0.1, -0.05) is 303 Å². The van der Waals surface area contributed by atoms with E-state index in [4.69, 9.17) is 14.4 Å². The lowest BCUT2D eigenvalue weighted by Crippen LogP contribution is -2.25. The van der Waals surface area contributed by atoms with E-state index in [0.29, 0.717) is 0 Å². The molecule has 2 aliphatic rings. The Morgan fingerprint density at radius 1 is 0.184 bits per heavy atom. The molecule has 114 heavy (non-hydrogen) atoms. The quantitative estimate of drug-likeness (QED) is 0.123. The molecule has 0 saturated heterocycles. The van der Waals surface area contributed by atoms with Gasteiger partial charge < -0.3 is 4.42 Å². The molecule has 0 atom stereocenters. The first-order chi connectivity index (χ1) is 56.5. The first-order valence-corrected chi connectivity index (χ1v) is 39.5. The van der Waals surface area contributed by atoms with Crippen LogP contribution < -0.4 is 0 Å². The third-order valence-electron chi connectivity index (χ3n) is 25.4. The molecule has 0 saturated carbocycles. The van der Waals surface area contributed by atoms with Gasteiger partial charge in [0.25, 0.3) is 0 Å². The zero-order valence-corrected chi connectivity index (χ0v) is 61.8. The van der Waals surface area contributed by atoms with Crippen molar-refractivity contribution in [2.24, 2.45) is 0 Å². The van der Waals surface area contributed by atoms with Crippen molar-refractivity contribution in [1.82, 2.24) is 9.97 Å². The topological polar surface area (TPSA) is 38.9 Å². The number of hydrogen-bond donors (Lipinski definition) is 0. The summed E-state index contributed by atoms with van der Waals surface area (Å²) >= 11 is 0. The van der Waals surface area contributed by atoms with Gasteiger partial charge in [0.1, 0.15) is 11.2 Å². The molecule has 524 valence electrons. The Bertz CT molecular complexity index is 7920. The van der Waals surface area contributed by atoms with E-state index in [1.54, 1.807) is 0 Å². The maximum atomic E-state index is 6.28. The highest BCUT2D eigenvalue weighted by Gasteiger charge is 2.51. The molecule has 3 heterocycles. The van der Waals surface area contributed by atoms with Crippen LogP contribution in [0.15, 0.2) is 393 Å². The van der Waals surface area contributed by atoms with Crippen molar-refractivity contribution in [3.63, 3.8) is 0 Å². The van der Waals surface area contributed by atoms with Crippen LogP contribution >= 0.6 is 0 Å². The normalized spacial score (nSPS) is 12.8. The summed E-state index contributed by atoms with van der Waals surface area (Å²) in [6.45, 7) is 0. The number of fused-ring (bicyclic) bond motifs is 18. The number of aromatic nitrogens is 2. The van der Waals surface area contributed by atoms with Crippen molar-refractivity contribution in [2.75, 3.05) is 0 Å². The van der Waals surface area contributed by atoms with Crippen molar-refractivity contribution < 1.29 is 4.42 Å². The van der Waals surface area contributed by atoms with Crippen molar-refractivity contribution in [3.05, 3.63) is 411 Å². The summed E-state index contributed by atoms with van der Waals surface area (Å²) in [6, 6.07) is 139. The Labute approximate surface area is 655 Å². The molecular formula is C111H64N2O. The Kier molecular flexibility index (Phi) is 13.3. The van der Waals surface area contributed by atoms with Crippen LogP contribution in [0.3, 0.4) is 0 Å². The zero-order chi connectivity index (χ0) is 74.4. The highest BCUT2D eigenvalue weighted by Crippen LogP contribution is 2.63. The van der Waals surface area contributed by atoms with Crippen LogP contribution in [0, 0.1) is 0 Å². The van der Waals surface area contributed by atoms with Gasteiger partial charge in [-0.15, -0.1) is 0 Å². The summed E-state index contributed by atoms with van der Waals surface area (Å²) in [4.78, 5) is 10.4. The van der Waals surface area contributed by atoms with E-state index in [9.17, 15) is 0 Å². The summed E-state index contributed by atoms with van der Waals surface area (Å²) in [5, 5.41) is 30.1. The summed E-state index contributed by atoms with van der Waals surface area (Å²) < 4.78 is 6.28. The molecule has 3 heteroatoms. The minimum Gasteiger partial charge on any atom is -0.456 e. The first-order valence-electron chi connectivity index (χ1n) is 39.5. The Morgan fingerprint density at radius 2 is 0.500 bits per heavy atom. The van der Waals surface area contributed by atoms with Crippen LogP contribution in [-0.2, 0) is 5.41 Å². The third-order valence-corrected chi connectivity index (χ3v) is 25.4. The number of pyridine rings is 2. The summed E-state index contributed by atoms with van der Waals surface area (Å²) in [5.41, 5.74) is 25.8. The SMILES string of the molecule is c1ccc2c(c1)-c1ccccc1C21c2ccccc2-c2ccc(-c3ccc(-c4c5ccccc5c(-c5cc6ccc7cccc8ccc(c5)c6c78)c5ccccc45)cn3)cc21.c1ccc2cc3c(cc2c1)oc1ccc(-c2ccc(-c4c5ccccc5c(-c5cc6ccc7cccc8ccc(c5)c6c78)c5ccccc45)cn2)cc13. The van der Waals surface area contributed by atoms with E-state index in [1.807, 2.05) is 6.20 Å². The number of benzene rings is 21. The minimum absolute atomic E-state index is 0.384. The van der Waals surface area contributed by atoms with Gasteiger partial charge in [0.05, 0.1) is 16.8 Å². The molecule has 24 aromatic rings. The van der Waals surface area contributed by atoms with E-state index < -0.39 is 0 Å². The zero-order valence-electron chi connectivity index (χ0n) is 61.8. The van der Waals surface area contributed by atoms with Crippen molar-refractivity contribution in [1.29, 1.82) is 0 Å². The van der Waals surface area contributed by atoms with Crippen LogP contribution in [0.25, 0.3) is 230 Å². The molecule has 3 nitrogen and oxygen atoms in total. The van der Waals surface area contributed by atoms with E-state index in [0.717, 1.165) is 55.6 Å². The first kappa shape index (κ1) is 62.9. The largest absolute Gasteiger partial charge is 0.456 e. The molecule has 0 unspecified atom stereocenters. The second kappa shape index (κ2) is 24.1. The predicted molar refractivity (Wildman–Crippen MR) is 480 cm³/mol. The van der Waals surface area contributed by atoms with E-state index in [1.165, 1.54) is 196 Å². The second-order valence-electron chi connectivity index (χ2n) is 31.2. The molecule has 0 radical (unpaired) electrons. The minimum atomic E-state index is -0.384. The van der Waals surface area contributed by atoms with Crippen LogP contribution in [0.1, 0.15) is 22.3 Å². The highest BCUT2D eigenvalue weighted by molar-refractivity contribution is 6.29. The van der Waals surface area contributed by atoms with E-state index in [2.05, 4.69) is 382 Å². The van der Waals surface area contributed by atoms with E-state index in [-0.39, 0.29) is 5.41 Å². The average Bonchev–Trinajstić information content (AvgIpc) is 1.50. The Hall–Kier alpha value is -14.9. The summed E-state index contributed by atoms with van der Waals surface area (Å²) in [6.07, 6.45) is 4.14. The fourth-order valence-electron chi connectivity index (χ4n) is 20.6. The Balaban J connectivity index is 0.000000130. The number of furan rings is 1. The molecule has 2 aliphatic carbocycles. The lowest BCUT2D eigenvalue weighted by Gasteiger charge is -2.30. The van der Waals surface area contributed by atoms with Crippen LogP contribution in [0.5, 0.6) is 0 Å². The fourth-order valence-corrected chi connectivity index (χ4v) is 20.6. The molecule has 26 rings (SSSR count). The van der Waals surface area contributed by atoms with E-state index >= 15 is 0 Å². The Morgan fingerprint density at radius 3 is 0.912 bits per heavy atom. The van der Waals surface area contributed by atoms with Gasteiger partial charge in [-0.05, 0) is 269 Å². The molecule has 0 amide bonds. The van der Waals surface area contributed by atoms with Gasteiger partial charge in [-0.25, -0.2) is 0 Å². The second-order valence-corrected chi connectivity index (χ2v) is 31.2. The van der Waals surface area contributed by atoms with Gasteiger partial charge in [0, 0.05) is 45.4 Å². The lowest BCUT2D eigenvalue weighted by atomic mass is 9.70. The fraction of sp³-hybridized carbons (Fsp3) is 0.00901. The van der Waals surface area contributed by atoms with Crippen molar-refractivity contribution in [2.45, 2.75) is 5.41 Å². The number of rotatable bonds is 6. The monoisotopic (exact) mass is 1440 g/mol. The standard InChI is InChI=1S/C60H35N.C51H29NO/c1-3-19-49-47(17-1)58(48-18-2-4-20-50(48)59(49)42-32-39-26-24-36-12-11-13-37-25-27-40(33-42)57(39)56(36)37)41-29-31-55(61-35-41)38-28-30-46-45-16-7-10-23-53(45)60(54(46)34-38)51-21-8-5-14-43(51)44-15-6-9-22-52(44)60;1-2-9-33-28-47-44(26-32(33)8-1)43-27-34(21-23-46(43)53-47)45-22-20-37(29-52-45)50-39-12-3-5-14-41(39)51(42-15-6-4-13-40(42)50)38-24-35-18-16-30-10-7-11-31-17-19-36(25-38)49(35)48(30)31/h1-35H;1-29H. The third kappa shape index (κ3) is 9.03. The molecule has 0 aliphatic heterocycles. The molecular weight excluding hydrogens is 1380 g/mol. The molecule has 21 aromatic carbocycles. The number of hydrogen-bond acceptors (Lipinski definition) is 3. The average molecular weight is 1440 g/mol. The van der Waals surface area contributed by atoms with Gasteiger partial charge in [-0.3, -0.25) is 9.97 Å². The molecule has 0 bridgehead atoms. The van der Waals surface area contributed by atoms with Crippen molar-refractivity contribution >= 4 is 140 Å². The molecule has 0 fully saturated rings. The predicted octanol–water partition coefficient (Wildman–Crippen LogP) is 30.0. The maximum Gasteiger partial charge on any atom is 0.136 e. The van der Waals surface area contributed by atoms with Gasteiger partial charge in [-0.2, -0.15) is 0 Å². The van der Waals surface area contributed by atoms with Crippen molar-refractivity contribution in [3.8, 4) is 89.3 Å². The smallest absolute Gasteiger partial charge is 0.136 e. The highest BCUT2D eigenvalue weighted by atomic mass is 16.3. The summed E-state index contributed by atoms with van der Waals surface area (Å²) in [7, 11) is 0. The molecule has 3 aromatic heterocycles. The molecule has 1 spiro atoms. The van der Waals surface area contributed by atoms with Gasteiger partial charge in [0.2, 0.25) is 0 Å². The van der Waals surface area contributed by atoms with Gasteiger partial charge >= 0.3 is 0 Å². The number of nitrogens with zero attached hydrogens (tertiary/aromatic N) is 2. The van der Waals surface area contributed by atoms with Crippen LogP contribution in [-0.4, -0.2) is 9.97 Å².